The van der Waals surface area contributed by atoms with Gasteiger partial charge >= 0.3 is 0 Å². The Morgan fingerprint density at radius 1 is 1.35 bits per heavy atom. The van der Waals surface area contributed by atoms with Gasteiger partial charge in [-0.15, -0.1) is 0 Å². The molecule has 1 atom stereocenters. The zero-order valence-electron chi connectivity index (χ0n) is 13.7. The number of benzene rings is 1. The first kappa shape index (κ1) is 17.4. The molecule has 1 aromatic carbocycles. The molecular weight excluding hydrogens is 315 g/mol. The highest BCUT2D eigenvalue weighted by Gasteiger charge is 2.15. The summed E-state index contributed by atoms with van der Waals surface area (Å²) in [5.74, 6) is 0.665. The van der Waals surface area contributed by atoms with Crippen molar-refractivity contribution in [1.29, 1.82) is 0 Å². The van der Waals surface area contributed by atoms with Crippen LogP contribution in [0.15, 0.2) is 41.4 Å². The molecule has 1 heterocycles. The summed E-state index contributed by atoms with van der Waals surface area (Å²) in [6.45, 7) is 5.40. The van der Waals surface area contributed by atoms with E-state index in [1.807, 2.05) is 19.9 Å². The van der Waals surface area contributed by atoms with Crippen LogP contribution in [0.1, 0.15) is 44.9 Å². The molecule has 0 radical (unpaired) electrons. The third-order valence-corrected chi connectivity index (χ3v) is 4.67. The Labute approximate surface area is 136 Å². The van der Waals surface area contributed by atoms with Crippen LogP contribution in [0.3, 0.4) is 0 Å². The average molecular weight is 336 g/mol. The lowest BCUT2D eigenvalue weighted by molar-refractivity contribution is 0.366. The molecule has 0 aliphatic carbocycles. The predicted molar refractivity (Wildman–Crippen MR) is 90.1 cm³/mol. The molecular formula is C17H21FN2O2S. The molecule has 2 rings (SSSR count). The molecule has 1 aromatic heterocycles. The van der Waals surface area contributed by atoms with Crippen molar-refractivity contribution in [3.05, 3.63) is 48.1 Å². The fourth-order valence-electron chi connectivity index (χ4n) is 2.32. The van der Waals surface area contributed by atoms with Crippen LogP contribution in [-0.4, -0.2) is 24.2 Å². The van der Waals surface area contributed by atoms with Gasteiger partial charge in [0, 0.05) is 18.1 Å². The summed E-state index contributed by atoms with van der Waals surface area (Å²) in [7, 11) is -3.24. The van der Waals surface area contributed by atoms with E-state index in [-0.39, 0.29) is 4.90 Å². The molecule has 0 fully saturated rings. The van der Waals surface area contributed by atoms with Crippen molar-refractivity contribution in [2.75, 3.05) is 6.26 Å². The lowest BCUT2D eigenvalue weighted by Gasteiger charge is -2.09. The van der Waals surface area contributed by atoms with Gasteiger partial charge in [-0.3, -0.25) is 4.57 Å². The Bertz CT molecular complexity index is 819. The first-order chi connectivity index (χ1) is 10.7. The summed E-state index contributed by atoms with van der Waals surface area (Å²) >= 11 is 0. The molecule has 23 heavy (non-hydrogen) atoms. The van der Waals surface area contributed by atoms with Crippen LogP contribution < -0.4 is 0 Å². The largest absolute Gasteiger partial charge is 0.300 e. The van der Waals surface area contributed by atoms with E-state index in [0.29, 0.717) is 11.5 Å². The van der Waals surface area contributed by atoms with Crippen LogP contribution in [0.5, 0.6) is 0 Å². The first-order valence-corrected chi connectivity index (χ1v) is 9.34. The van der Waals surface area contributed by atoms with Gasteiger partial charge in [-0.05, 0) is 50.1 Å². The second kappa shape index (κ2) is 6.66. The number of imidazole rings is 1. The number of hydrogen-bond acceptors (Lipinski definition) is 3. The standard InChI is InChI=1S/C17H21FN2O2S/c1-5-6-12(2)17-19-16(13(3)18)11-20(17)14-7-9-15(10-8-14)23(4,21)22/h6-11,13H,5H2,1-4H3/b12-6+. The van der Waals surface area contributed by atoms with Crippen LogP contribution in [0, 0.1) is 0 Å². The summed E-state index contributed by atoms with van der Waals surface area (Å²) in [5, 5.41) is 0. The van der Waals surface area contributed by atoms with E-state index < -0.39 is 16.0 Å². The molecule has 0 N–H and O–H groups in total. The normalized spacial score (nSPS) is 14.0. The Kier molecular flexibility index (Phi) is 5.04. The molecule has 124 valence electrons. The molecule has 6 heteroatoms. The molecule has 0 bridgehead atoms. The van der Waals surface area contributed by atoms with Gasteiger partial charge in [-0.2, -0.15) is 0 Å². The van der Waals surface area contributed by atoms with Gasteiger partial charge in [0.25, 0.3) is 0 Å². The van der Waals surface area contributed by atoms with Crippen LogP contribution in [0.2, 0.25) is 0 Å². The zero-order valence-corrected chi connectivity index (χ0v) is 14.6. The maximum Gasteiger partial charge on any atom is 0.175 e. The highest BCUT2D eigenvalue weighted by atomic mass is 32.2. The molecule has 2 aromatic rings. The van der Waals surface area contributed by atoms with Crippen molar-refractivity contribution in [2.24, 2.45) is 0 Å². The minimum absolute atomic E-state index is 0.253. The van der Waals surface area contributed by atoms with E-state index >= 15 is 0 Å². The van der Waals surface area contributed by atoms with Crippen LogP contribution >= 0.6 is 0 Å². The smallest absolute Gasteiger partial charge is 0.175 e. The number of halogens is 1. The van der Waals surface area contributed by atoms with Gasteiger partial charge in [-0.25, -0.2) is 17.8 Å². The highest BCUT2D eigenvalue weighted by Crippen LogP contribution is 2.24. The van der Waals surface area contributed by atoms with Crippen molar-refractivity contribution in [1.82, 2.24) is 9.55 Å². The van der Waals surface area contributed by atoms with Gasteiger partial charge in [0.2, 0.25) is 0 Å². The van der Waals surface area contributed by atoms with E-state index in [1.165, 1.54) is 13.2 Å². The number of hydrogen-bond donors (Lipinski definition) is 0. The molecule has 0 saturated heterocycles. The third-order valence-electron chi connectivity index (χ3n) is 3.54. The van der Waals surface area contributed by atoms with Crippen LogP contribution in [0.4, 0.5) is 4.39 Å². The molecule has 0 aliphatic heterocycles. The topological polar surface area (TPSA) is 52.0 Å². The SMILES string of the molecule is CC/C=C(\C)c1nc(C(C)F)cn1-c1ccc(S(C)(=O)=O)cc1. The van der Waals surface area contributed by atoms with Crippen molar-refractivity contribution >= 4 is 15.4 Å². The average Bonchev–Trinajstić information content (AvgIpc) is 2.92. The van der Waals surface area contributed by atoms with E-state index in [0.717, 1.165) is 17.7 Å². The summed E-state index contributed by atoms with van der Waals surface area (Å²) in [6, 6.07) is 6.50. The molecule has 0 amide bonds. The summed E-state index contributed by atoms with van der Waals surface area (Å²) < 4.78 is 38.5. The number of nitrogens with zero attached hydrogens (tertiary/aromatic N) is 2. The van der Waals surface area contributed by atoms with E-state index in [4.69, 9.17) is 0 Å². The van der Waals surface area contributed by atoms with E-state index in [9.17, 15) is 12.8 Å². The maximum atomic E-state index is 13.6. The lowest BCUT2D eigenvalue weighted by Crippen LogP contribution is -2.01. The highest BCUT2D eigenvalue weighted by molar-refractivity contribution is 7.90. The minimum Gasteiger partial charge on any atom is -0.300 e. The summed E-state index contributed by atoms with van der Waals surface area (Å²) in [6.07, 6.45) is 4.53. The van der Waals surface area contributed by atoms with Crippen molar-refractivity contribution < 1.29 is 12.8 Å². The fraction of sp³-hybridized carbons (Fsp3) is 0.353. The maximum absolute atomic E-state index is 13.6. The number of alkyl halides is 1. The summed E-state index contributed by atoms with van der Waals surface area (Å²) in [5.41, 5.74) is 2.05. The Morgan fingerprint density at radius 2 is 1.96 bits per heavy atom. The quantitative estimate of drug-likeness (QED) is 0.825. The van der Waals surface area contributed by atoms with Gasteiger partial charge < -0.3 is 0 Å². The van der Waals surface area contributed by atoms with E-state index in [1.54, 1.807) is 35.0 Å². The third kappa shape index (κ3) is 3.88. The molecule has 0 spiro atoms. The molecule has 1 unspecified atom stereocenters. The minimum atomic E-state index is -3.24. The van der Waals surface area contributed by atoms with Crippen molar-refractivity contribution in [3.8, 4) is 5.69 Å². The fourth-order valence-corrected chi connectivity index (χ4v) is 2.95. The Morgan fingerprint density at radius 3 is 2.43 bits per heavy atom. The number of rotatable bonds is 5. The number of sulfone groups is 1. The summed E-state index contributed by atoms with van der Waals surface area (Å²) in [4.78, 5) is 4.63. The van der Waals surface area contributed by atoms with Crippen LogP contribution in [-0.2, 0) is 9.84 Å². The number of allylic oxidation sites excluding steroid dienone is 2. The van der Waals surface area contributed by atoms with Gasteiger partial charge in [0.05, 0.1) is 10.6 Å². The predicted octanol–water partition coefficient (Wildman–Crippen LogP) is 4.12. The second-order valence-electron chi connectivity index (χ2n) is 5.54. The van der Waals surface area contributed by atoms with Gasteiger partial charge in [-0.1, -0.05) is 13.0 Å². The Balaban J connectivity index is 2.55. The van der Waals surface area contributed by atoms with Crippen molar-refractivity contribution in [2.45, 2.75) is 38.3 Å². The second-order valence-corrected chi connectivity index (χ2v) is 7.55. The Hall–Kier alpha value is -1.95. The molecule has 0 aliphatic rings. The van der Waals surface area contributed by atoms with Crippen LogP contribution in [0.25, 0.3) is 11.3 Å². The monoisotopic (exact) mass is 336 g/mol. The first-order valence-electron chi connectivity index (χ1n) is 7.45. The molecule has 4 nitrogen and oxygen atoms in total. The zero-order chi connectivity index (χ0) is 17.2. The van der Waals surface area contributed by atoms with Gasteiger partial charge in [0.15, 0.2) is 9.84 Å². The lowest BCUT2D eigenvalue weighted by atomic mass is 10.2. The number of aromatic nitrogens is 2. The van der Waals surface area contributed by atoms with Crippen molar-refractivity contribution in [3.63, 3.8) is 0 Å². The molecule has 0 saturated carbocycles. The van der Waals surface area contributed by atoms with Gasteiger partial charge in [0.1, 0.15) is 12.0 Å². The van der Waals surface area contributed by atoms with E-state index in [2.05, 4.69) is 4.98 Å².